The molecule has 5 rings (SSSR count). The molecule has 3 aromatic carbocycles. The number of amides is 1. The smallest absolute Gasteiger partial charge is 0.284 e. The summed E-state index contributed by atoms with van der Waals surface area (Å²) in [7, 11) is 0. The van der Waals surface area contributed by atoms with E-state index in [1.165, 1.54) is 16.3 Å². The maximum atomic E-state index is 13.5. The Morgan fingerprint density at radius 3 is 2.35 bits per heavy atom. The predicted molar refractivity (Wildman–Crippen MR) is 137 cm³/mol. The number of hydrogen-bond donors (Lipinski definition) is 1. The highest BCUT2D eigenvalue weighted by atomic mass is 32.1. The van der Waals surface area contributed by atoms with Crippen LogP contribution in [0.2, 0.25) is 0 Å². The first kappa shape index (κ1) is 21.6. The lowest BCUT2D eigenvalue weighted by molar-refractivity contribution is -0.114. The molecule has 0 saturated heterocycles. The number of anilines is 2. The van der Waals surface area contributed by atoms with Crippen LogP contribution >= 0.6 is 11.3 Å². The molecule has 0 spiro atoms. The number of benzene rings is 3. The molecular weight excluding hydrogens is 444 g/mol. The third-order valence-corrected chi connectivity index (χ3v) is 6.04. The molecule has 2 heterocycles. The summed E-state index contributed by atoms with van der Waals surface area (Å²) in [5.74, 6) is 0.476. The molecule has 34 heavy (non-hydrogen) atoms. The second kappa shape index (κ2) is 9.72. The second-order valence-corrected chi connectivity index (χ2v) is 8.28. The first-order valence-corrected chi connectivity index (χ1v) is 11.8. The van der Waals surface area contributed by atoms with Gasteiger partial charge in [-0.15, -0.1) is 11.3 Å². The van der Waals surface area contributed by atoms with Crippen molar-refractivity contribution in [2.75, 3.05) is 16.9 Å². The van der Waals surface area contributed by atoms with Gasteiger partial charge in [0.1, 0.15) is 11.5 Å². The van der Waals surface area contributed by atoms with Crippen LogP contribution in [0.25, 0.3) is 11.3 Å². The molecule has 1 N–H and O–H groups in total. The minimum absolute atomic E-state index is 0.241. The minimum atomic E-state index is -0.241. The molecule has 4 aromatic rings. The molecular formula is C27H22N4O2S. The molecule has 1 aromatic heterocycles. The summed E-state index contributed by atoms with van der Waals surface area (Å²) < 4.78 is 5.70. The molecule has 1 aliphatic heterocycles. The summed E-state index contributed by atoms with van der Waals surface area (Å²) in [6.07, 6.45) is 1.69. The number of rotatable bonds is 7. The summed E-state index contributed by atoms with van der Waals surface area (Å²) in [6.45, 7) is 2.48. The van der Waals surface area contributed by atoms with Crippen LogP contribution in [0.15, 0.2) is 107 Å². The fraction of sp³-hybridized carbons (Fsp3) is 0.0741. The van der Waals surface area contributed by atoms with E-state index < -0.39 is 0 Å². The van der Waals surface area contributed by atoms with Gasteiger partial charge in [-0.05, 0) is 19.1 Å². The number of ether oxygens (including phenoxy) is 1. The van der Waals surface area contributed by atoms with E-state index in [2.05, 4.69) is 15.4 Å². The standard InChI is InChI=1S/C27H22N4O2S/c1-2-33-24-16-10-9-15-22(24)28-17-21-25(20-13-7-4-8-14-20)30-31(26(21)32)27-29-23(18-34-27)19-11-5-3-6-12-19/h3-18,28H,2H2,1H3/b21-17+. The summed E-state index contributed by atoms with van der Waals surface area (Å²) in [4.78, 5) is 18.2. The molecule has 0 bridgehead atoms. The number of carbonyl (C=O) groups is 1. The number of carbonyl (C=O) groups excluding carboxylic acids is 1. The molecule has 7 heteroatoms. The van der Waals surface area contributed by atoms with Gasteiger partial charge in [0.15, 0.2) is 0 Å². The van der Waals surface area contributed by atoms with Crippen LogP contribution in [0.3, 0.4) is 0 Å². The van der Waals surface area contributed by atoms with Gasteiger partial charge < -0.3 is 10.1 Å². The van der Waals surface area contributed by atoms with Crippen molar-refractivity contribution in [3.63, 3.8) is 0 Å². The van der Waals surface area contributed by atoms with E-state index in [1.807, 2.05) is 97.2 Å². The average Bonchev–Trinajstić information content (AvgIpc) is 3.50. The Morgan fingerprint density at radius 2 is 1.62 bits per heavy atom. The maximum absolute atomic E-state index is 13.5. The van der Waals surface area contributed by atoms with Crippen LogP contribution in [0.5, 0.6) is 5.75 Å². The lowest BCUT2D eigenvalue weighted by Crippen LogP contribution is -2.22. The Hall–Kier alpha value is -4.23. The van der Waals surface area contributed by atoms with Crippen LogP contribution in [-0.4, -0.2) is 23.2 Å². The number of hydrogen-bond acceptors (Lipinski definition) is 6. The highest BCUT2D eigenvalue weighted by Gasteiger charge is 2.34. The first-order valence-electron chi connectivity index (χ1n) is 10.9. The zero-order chi connectivity index (χ0) is 23.3. The highest BCUT2D eigenvalue weighted by molar-refractivity contribution is 7.14. The Balaban J connectivity index is 1.50. The largest absolute Gasteiger partial charge is 0.492 e. The van der Waals surface area contributed by atoms with Crippen molar-refractivity contribution in [3.8, 4) is 17.0 Å². The monoisotopic (exact) mass is 466 g/mol. The second-order valence-electron chi connectivity index (χ2n) is 7.44. The number of nitrogens with one attached hydrogen (secondary N) is 1. The van der Waals surface area contributed by atoms with Crippen molar-refractivity contribution >= 4 is 33.8 Å². The van der Waals surface area contributed by atoms with Gasteiger partial charge in [-0.25, -0.2) is 4.98 Å². The van der Waals surface area contributed by atoms with Crippen LogP contribution < -0.4 is 15.1 Å². The molecule has 0 aliphatic carbocycles. The molecule has 1 aliphatic rings. The molecule has 0 fully saturated rings. The van der Waals surface area contributed by atoms with Gasteiger partial charge in [-0.2, -0.15) is 10.1 Å². The van der Waals surface area contributed by atoms with Crippen LogP contribution in [0, 0.1) is 0 Å². The number of thiazole rings is 1. The average molecular weight is 467 g/mol. The molecule has 0 saturated carbocycles. The predicted octanol–water partition coefficient (Wildman–Crippen LogP) is 5.96. The molecule has 0 atom stereocenters. The van der Waals surface area contributed by atoms with E-state index in [4.69, 9.17) is 4.74 Å². The summed E-state index contributed by atoms with van der Waals surface area (Å²) >= 11 is 1.39. The highest BCUT2D eigenvalue weighted by Crippen LogP contribution is 2.32. The van der Waals surface area contributed by atoms with Gasteiger partial charge >= 0.3 is 0 Å². The Labute approximate surface area is 201 Å². The van der Waals surface area contributed by atoms with Crippen molar-refractivity contribution in [1.82, 2.24) is 4.98 Å². The number of aromatic nitrogens is 1. The molecule has 0 radical (unpaired) electrons. The van der Waals surface area contributed by atoms with Crippen molar-refractivity contribution in [3.05, 3.63) is 108 Å². The van der Waals surface area contributed by atoms with Gasteiger partial charge in [0, 0.05) is 22.7 Å². The van der Waals surface area contributed by atoms with Gasteiger partial charge in [-0.1, -0.05) is 72.8 Å². The van der Waals surface area contributed by atoms with Crippen LogP contribution in [0.1, 0.15) is 12.5 Å². The Kier molecular flexibility index (Phi) is 6.18. The third kappa shape index (κ3) is 4.33. The fourth-order valence-corrected chi connectivity index (χ4v) is 4.38. The SMILES string of the molecule is CCOc1ccccc1N/C=C1/C(=O)N(c2nc(-c3ccccc3)cs2)N=C1c1ccccc1. The zero-order valence-electron chi connectivity index (χ0n) is 18.5. The first-order chi connectivity index (χ1) is 16.7. The fourth-order valence-electron chi connectivity index (χ4n) is 3.60. The Bertz CT molecular complexity index is 1360. The van der Waals surface area contributed by atoms with Gasteiger partial charge in [0.2, 0.25) is 5.13 Å². The molecule has 1 amide bonds. The lowest BCUT2D eigenvalue weighted by Gasteiger charge is -2.10. The molecule has 6 nitrogen and oxygen atoms in total. The maximum Gasteiger partial charge on any atom is 0.284 e. The lowest BCUT2D eigenvalue weighted by atomic mass is 10.0. The van der Waals surface area contributed by atoms with Crippen molar-refractivity contribution < 1.29 is 9.53 Å². The quantitative estimate of drug-likeness (QED) is 0.342. The molecule has 0 unspecified atom stereocenters. The van der Waals surface area contributed by atoms with E-state index in [0.29, 0.717) is 23.0 Å². The number of hydrazone groups is 1. The van der Waals surface area contributed by atoms with Gasteiger partial charge in [0.05, 0.1) is 23.6 Å². The van der Waals surface area contributed by atoms with E-state index in [0.717, 1.165) is 28.3 Å². The minimum Gasteiger partial charge on any atom is -0.492 e. The Morgan fingerprint density at radius 1 is 0.941 bits per heavy atom. The third-order valence-electron chi connectivity index (χ3n) is 5.23. The number of nitrogens with zero attached hydrogens (tertiary/aromatic N) is 3. The topological polar surface area (TPSA) is 66.8 Å². The van der Waals surface area contributed by atoms with E-state index in [1.54, 1.807) is 6.20 Å². The van der Waals surface area contributed by atoms with E-state index in [9.17, 15) is 4.79 Å². The normalized spacial score (nSPS) is 14.4. The van der Waals surface area contributed by atoms with E-state index >= 15 is 0 Å². The zero-order valence-corrected chi connectivity index (χ0v) is 19.3. The summed E-state index contributed by atoms with van der Waals surface area (Å²) in [5.41, 5.74) is 4.47. The summed E-state index contributed by atoms with van der Waals surface area (Å²) in [5, 5.41) is 11.8. The van der Waals surface area contributed by atoms with Crippen molar-refractivity contribution in [2.45, 2.75) is 6.92 Å². The van der Waals surface area contributed by atoms with Crippen molar-refractivity contribution in [2.24, 2.45) is 5.10 Å². The van der Waals surface area contributed by atoms with Crippen LogP contribution in [0.4, 0.5) is 10.8 Å². The van der Waals surface area contributed by atoms with Crippen molar-refractivity contribution in [1.29, 1.82) is 0 Å². The van der Waals surface area contributed by atoms with E-state index in [-0.39, 0.29) is 5.91 Å². The molecule has 168 valence electrons. The van der Waals surface area contributed by atoms with Crippen LogP contribution in [-0.2, 0) is 4.79 Å². The van der Waals surface area contributed by atoms with Gasteiger partial charge in [-0.3, -0.25) is 4.79 Å². The number of para-hydroxylation sites is 2. The van der Waals surface area contributed by atoms with Gasteiger partial charge in [0.25, 0.3) is 5.91 Å². The summed E-state index contributed by atoms with van der Waals surface area (Å²) in [6, 6.07) is 27.2.